The molecular formula is C14H20N4O4. The Labute approximate surface area is 126 Å². The zero-order valence-corrected chi connectivity index (χ0v) is 13.0. The smallest absolute Gasteiger partial charge is 0.332 e. The molecule has 0 amide bonds. The monoisotopic (exact) mass is 308 g/mol. The molecule has 0 aliphatic rings. The van der Waals surface area contributed by atoms with E-state index in [0.717, 1.165) is 6.42 Å². The molecule has 8 nitrogen and oxygen atoms in total. The van der Waals surface area contributed by atoms with Crippen molar-refractivity contribution in [3.05, 3.63) is 27.2 Å². The number of ether oxygens (including phenoxy) is 1. The van der Waals surface area contributed by atoms with E-state index in [1.165, 1.54) is 27.1 Å². The van der Waals surface area contributed by atoms with Crippen LogP contribution >= 0.6 is 0 Å². The van der Waals surface area contributed by atoms with Crippen molar-refractivity contribution in [1.82, 2.24) is 18.7 Å². The molecule has 22 heavy (non-hydrogen) atoms. The maximum absolute atomic E-state index is 12.6. The highest BCUT2D eigenvalue weighted by Crippen LogP contribution is 2.08. The molecule has 2 rings (SSSR count). The molecule has 0 spiro atoms. The van der Waals surface area contributed by atoms with Gasteiger partial charge in [-0.05, 0) is 12.8 Å². The van der Waals surface area contributed by atoms with Crippen LogP contribution in [0.2, 0.25) is 0 Å². The lowest BCUT2D eigenvalue weighted by atomic mass is 10.4. The van der Waals surface area contributed by atoms with Crippen molar-refractivity contribution in [2.75, 3.05) is 7.11 Å². The lowest BCUT2D eigenvalue weighted by Gasteiger charge is -2.11. The van der Waals surface area contributed by atoms with E-state index in [4.69, 9.17) is 0 Å². The summed E-state index contributed by atoms with van der Waals surface area (Å²) < 4.78 is 8.75. The molecule has 0 radical (unpaired) electrons. The molecule has 120 valence electrons. The van der Waals surface area contributed by atoms with Crippen LogP contribution in [0.3, 0.4) is 0 Å². The molecule has 8 heteroatoms. The highest BCUT2D eigenvalue weighted by atomic mass is 16.5. The molecule has 0 saturated heterocycles. The van der Waals surface area contributed by atoms with Crippen molar-refractivity contribution in [3.63, 3.8) is 0 Å². The van der Waals surface area contributed by atoms with Crippen LogP contribution in [0.5, 0.6) is 0 Å². The molecule has 0 unspecified atom stereocenters. The van der Waals surface area contributed by atoms with Crippen molar-refractivity contribution in [1.29, 1.82) is 0 Å². The van der Waals surface area contributed by atoms with Crippen molar-refractivity contribution >= 4 is 17.1 Å². The molecule has 0 aromatic carbocycles. The van der Waals surface area contributed by atoms with Gasteiger partial charge >= 0.3 is 11.7 Å². The third-order valence-electron chi connectivity index (χ3n) is 3.41. The zero-order chi connectivity index (χ0) is 16.3. The molecule has 0 bridgehead atoms. The molecule has 2 aromatic heterocycles. The second kappa shape index (κ2) is 6.59. The van der Waals surface area contributed by atoms with Crippen LogP contribution in [0.1, 0.15) is 26.7 Å². The first-order chi connectivity index (χ1) is 10.5. The van der Waals surface area contributed by atoms with Gasteiger partial charge in [0, 0.05) is 13.1 Å². The molecule has 0 atom stereocenters. The number of methoxy groups -OCH3 is 1. The summed E-state index contributed by atoms with van der Waals surface area (Å²) >= 11 is 0. The van der Waals surface area contributed by atoms with Crippen molar-refractivity contribution in [3.8, 4) is 0 Å². The van der Waals surface area contributed by atoms with Gasteiger partial charge in [0.2, 0.25) is 0 Å². The second-order valence-corrected chi connectivity index (χ2v) is 5.01. The molecular weight excluding hydrogens is 288 g/mol. The second-order valence-electron chi connectivity index (χ2n) is 5.01. The zero-order valence-electron chi connectivity index (χ0n) is 13.0. The van der Waals surface area contributed by atoms with E-state index >= 15 is 0 Å². The quantitative estimate of drug-likeness (QED) is 0.719. The fourth-order valence-corrected chi connectivity index (χ4v) is 2.41. The topological polar surface area (TPSA) is 88.1 Å². The summed E-state index contributed by atoms with van der Waals surface area (Å²) in [6, 6.07) is 0. The Morgan fingerprint density at radius 2 is 1.82 bits per heavy atom. The molecule has 0 aliphatic carbocycles. The Balaban J connectivity index is 2.76. The lowest BCUT2D eigenvalue weighted by Crippen LogP contribution is -2.40. The first-order valence-electron chi connectivity index (χ1n) is 7.30. The number of rotatable bonds is 6. The Kier molecular flexibility index (Phi) is 4.79. The average Bonchev–Trinajstić information content (AvgIpc) is 2.91. The van der Waals surface area contributed by atoms with Crippen LogP contribution in [0.25, 0.3) is 11.2 Å². The number of fused-ring (bicyclic) bond motifs is 1. The van der Waals surface area contributed by atoms with Crippen molar-refractivity contribution < 1.29 is 9.53 Å². The van der Waals surface area contributed by atoms with Gasteiger partial charge in [-0.15, -0.1) is 0 Å². The van der Waals surface area contributed by atoms with Crippen molar-refractivity contribution in [2.24, 2.45) is 0 Å². The number of imidazole rings is 1. The minimum absolute atomic E-state index is 0.112. The van der Waals surface area contributed by atoms with Gasteiger partial charge in [0.15, 0.2) is 11.2 Å². The largest absolute Gasteiger partial charge is 0.468 e. The fourth-order valence-electron chi connectivity index (χ4n) is 2.41. The summed E-state index contributed by atoms with van der Waals surface area (Å²) in [5, 5.41) is 0. The van der Waals surface area contributed by atoms with Gasteiger partial charge in [-0.2, -0.15) is 0 Å². The standard InChI is InChI=1S/C14H20N4O4/c1-4-6-17-12-11(13(20)18(7-5-2)14(17)21)16(9-15-12)8-10(19)22-3/h9H,4-8H2,1-3H3. The third kappa shape index (κ3) is 2.68. The molecule has 0 fully saturated rings. The fraction of sp³-hybridized carbons (Fsp3) is 0.571. The number of carbonyl (C=O) groups excluding carboxylic acids is 1. The molecule has 2 aromatic rings. The van der Waals surface area contributed by atoms with Crippen LogP contribution < -0.4 is 11.2 Å². The minimum Gasteiger partial charge on any atom is -0.468 e. The predicted octanol–water partition coefficient (Wildman–Crippen LogP) is 0.353. The van der Waals surface area contributed by atoms with Gasteiger partial charge in [-0.3, -0.25) is 18.7 Å². The predicted molar refractivity (Wildman–Crippen MR) is 80.9 cm³/mol. The number of aryl methyl sites for hydroxylation is 1. The minimum atomic E-state index is -0.478. The summed E-state index contributed by atoms with van der Waals surface area (Å²) in [5.74, 6) is -0.478. The van der Waals surface area contributed by atoms with Gasteiger partial charge in [-0.1, -0.05) is 13.8 Å². The van der Waals surface area contributed by atoms with Crippen LogP contribution in [0, 0.1) is 0 Å². The van der Waals surface area contributed by atoms with Gasteiger partial charge in [0.05, 0.1) is 13.4 Å². The molecule has 2 heterocycles. The van der Waals surface area contributed by atoms with Gasteiger partial charge in [-0.25, -0.2) is 9.78 Å². The summed E-state index contributed by atoms with van der Waals surface area (Å²) in [4.78, 5) is 40.7. The highest BCUT2D eigenvalue weighted by Gasteiger charge is 2.18. The van der Waals surface area contributed by atoms with E-state index < -0.39 is 11.5 Å². The number of nitrogens with zero attached hydrogens (tertiary/aromatic N) is 4. The summed E-state index contributed by atoms with van der Waals surface area (Å²) in [6.45, 7) is 4.53. The molecule has 0 aliphatic heterocycles. The van der Waals surface area contributed by atoms with Gasteiger partial charge < -0.3 is 9.30 Å². The first-order valence-corrected chi connectivity index (χ1v) is 7.30. The van der Waals surface area contributed by atoms with E-state index in [2.05, 4.69) is 9.72 Å². The Hall–Kier alpha value is -2.38. The summed E-state index contributed by atoms with van der Waals surface area (Å²) in [5.41, 5.74) is -0.208. The van der Waals surface area contributed by atoms with Gasteiger partial charge in [0.1, 0.15) is 6.54 Å². The van der Waals surface area contributed by atoms with E-state index in [-0.39, 0.29) is 17.8 Å². The van der Waals surface area contributed by atoms with Crippen LogP contribution in [-0.4, -0.2) is 31.8 Å². The number of esters is 1. The van der Waals surface area contributed by atoms with E-state index in [0.29, 0.717) is 25.2 Å². The molecule has 0 saturated carbocycles. The highest BCUT2D eigenvalue weighted by molar-refractivity contribution is 5.75. The van der Waals surface area contributed by atoms with Crippen LogP contribution in [0.4, 0.5) is 0 Å². The maximum atomic E-state index is 12.6. The van der Waals surface area contributed by atoms with Crippen LogP contribution in [-0.2, 0) is 29.2 Å². The molecule has 0 N–H and O–H groups in total. The van der Waals surface area contributed by atoms with Crippen LogP contribution in [0.15, 0.2) is 15.9 Å². The number of hydrogen-bond donors (Lipinski definition) is 0. The summed E-state index contributed by atoms with van der Waals surface area (Å²) in [6.07, 6.45) is 2.80. The maximum Gasteiger partial charge on any atom is 0.332 e. The first kappa shape index (κ1) is 16.0. The van der Waals surface area contributed by atoms with Gasteiger partial charge in [0.25, 0.3) is 5.56 Å². The Morgan fingerprint density at radius 3 is 2.41 bits per heavy atom. The lowest BCUT2D eigenvalue weighted by molar-refractivity contribution is -0.141. The van der Waals surface area contributed by atoms with E-state index in [1.54, 1.807) is 0 Å². The normalized spacial score (nSPS) is 11.0. The van der Waals surface area contributed by atoms with E-state index in [9.17, 15) is 14.4 Å². The Bertz CT molecular complexity index is 800. The average molecular weight is 308 g/mol. The number of aromatic nitrogens is 4. The Morgan fingerprint density at radius 1 is 1.18 bits per heavy atom. The third-order valence-corrected chi connectivity index (χ3v) is 3.41. The number of carbonyl (C=O) groups is 1. The number of hydrogen-bond acceptors (Lipinski definition) is 5. The SMILES string of the molecule is CCCn1c(=O)c2c(ncn2CC(=O)OC)n(CCC)c1=O. The summed E-state index contributed by atoms with van der Waals surface area (Å²) in [7, 11) is 1.28. The van der Waals surface area contributed by atoms with E-state index in [1.807, 2.05) is 13.8 Å². The van der Waals surface area contributed by atoms with Crippen molar-refractivity contribution in [2.45, 2.75) is 46.3 Å².